The molecule has 3 rings (SSSR count). The van der Waals surface area contributed by atoms with Crippen LogP contribution in [0.3, 0.4) is 0 Å². The van der Waals surface area contributed by atoms with E-state index in [1.807, 2.05) is 37.3 Å². The first-order valence-electron chi connectivity index (χ1n) is 6.71. The number of H-pyrrole nitrogens is 1. The average Bonchev–Trinajstić information content (AvgIpc) is 3.14. The second kappa shape index (κ2) is 6.11. The Balaban J connectivity index is 1.71. The molecule has 0 unspecified atom stereocenters. The van der Waals surface area contributed by atoms with Crippen LogP contribution in [-0.4, -0.2) is 22.3 Å². The zero-order valence-electron chi connectivity index (χ0n) is 12.2. The van der Waals surface area contributed by atoms with Crippen LogP contribution in [0.4, 0.5) is 5.95 Å². The van der Waals surface area contributed by atoms with Gasteiger partial charge in [-0.2, -0.15) is 4.98 Å². The lowest BCUT2D eigenvalue weighted by Gasteiger charge is -2.04. The van der Waals surface area contributed by atoms with Gasteiger partial charge in [-0.15, -0.1) is 5.10 Å². The largest absolute Gasteiger partial charge is 0.495 e. The highest BCUT2D eigenvalue weighted by Gasteiger charge is 2.08. The van der Waals surface area contributed by atoms with Gasteiger partial charge in [-0.1, -0.05) is 11.6 Å². The second-order valence-electron chi connectivity index (χ2n) is 4.71. The van der Waals surface area contributed by atoms with Crippen LogP contribution in [-0.2, 0) is 6.54 Å². The third kappa shape index (κ3) is 3.07. The Labute approximate surface area is 132 Å². The molecular weight excluding hydrogens is 304 g/mol. The molecule has 0 bridgehead atoms. The number of furan rings is 1. The molecule has 0 aliphatic carbocycles. The van der Waals surface area contributed by atoms with Crippen molar-refractivity contribution in [3.8, 4) is 17.1 Å². The van der Waals surface area contributed by atoms with Gasteiger partial charge in [0.05, 0.1) is 18.7 Å². The topological polar surface area (TPSA) is 76.0 Å². The van der Waals surface area contributed by atoms with Crippen LogP contribution in [0.1, 0.15) is 11.6 Å². The van der Waals surface area contributed by atoms with Crippen molar-refractivity contribution in [2.24, 2.45) is 0 Å². The smallest absolute Gasteiger partial charge is 0.242 e. The third-order valence-corrected chi connectivity index (χ3v) is 3.41. The van der Waals surface area contributed by atoms with Crippen molar-refractivity contribution < 1.29 is 9.15 Å². The number of nitrogens with zero attached hydrogens (tertiary/aromatic N) is 2. The highest BCUT2D eigenvalue weighted by Crippen LogP contribution is 2.31. The summed E-state index contributed by atoms with van der Waals surface area (Å²) in [5.41, 5.74) is 0.894. The summed E-state index contributed by atoms with van der Waals surface area (Å²) in [6, 6.07) is 9.33. The molecule has 114 valence electrons. The predicted octanol–water partition coefficient (Wildman–Crippen LogP) is 3.65. The minimum absolute atomic E-state index is 0.501. The number of aryl methyl sites for hydroxylation is 1. The summed E-state index contributed by atoms with van der Waals surface area (Å²) in [5.74, 6) is 3.47. The van der Waals surface area contributed by atoms with E-state index < -0.39 is 0 Å². The molecule has 7 heteroatoms. The molecule has 0 amide bonds. The van der Waals surface area contributed by atoms with Crippen molar-refractivity contribution in [3.05, 3.63) is 46.9 Å². The molecule has 0 atom stereocenters. The van der Waals surface area contributed by atoms with Gasteiger partial charge < -0.3 is 14.5 Å². The van der Waals surface area contributed by atoms with E-state index in [1.54, 1.807) is 7.11 Å². The van der Waals surface area contributed by atoms with E-state index >= 15 is 0 Å². The van der Waals surface area contributed by atoms with Crippen molar-refractivity contribution >= 4 is 17.5 Å². The Hall–Kier alpha value is -2.47. The van der Waals surface area contributed by atoms with Crippen molar-refractivity contribution in [1.29, 1.82) is 0 Å². The van der Waals surface area contributed by atoms with Crippen LogP contribution in [0.15, 0.2) is 34.7 Å². The maximum atomic E-state index is 6.13. The molecule has 0 spiro atoms. The number of benzene rings is 1. The number of hydrogen-bond donors (Lipinski definition) is 2. The van der Waals surface area contributed by atoms with E-state index in [-0.39, 0.29) is 0 Å². The van der Waals surface area contributed by atoms with Gasteiger partial charge in [-0.05, 0) is 37.3 Å². The highest BCUT2D eigenvalue weighted by molar-refractivity contribution is 6.32. The quantitative estimate of drug-likeness (QED) is 0.751. The minimum atomic E-state index is 0.501. The molecule has 2 N–H and O–H groups in total. The Kier molecular flexibility index (Phi) is 4.02. The van der Waals surface area contributed by atoms with E-state index in [1.165, 1.54) is 0 Å². The van der Waals surface area contributed by atoms with Crippen LogP contribution < -0.4 is 10.1 Å². The molecule has 0 aliphatic rings. The van der Waals surface area contributed by atoms with Crippen LogP contribution >= 0.6 is 11.6 Å². The summed E-state index contributed by atoms with van der Waals surface area (Å²) >= 11 is 6.13. The Morgan fingerprint density at radius 1 is 1.32 bits per heavy atom. The van der Waals surface area contributed by atoms with Crippen molar-refractivity contribution in [1.82, 2.24) is 15.2 Å². The van der Waals surface area contributed by atoms with Crippen LogP contribution in [0.5, 0.6) is 5.75 Å². The van der Waals surface area contributed by atoms with Gasteiger partial charge in [0, 0.05) is 5.56 Å². The normalized spacial score (nSPS) is 10.7. The molecule has 22 heavy (non-hydrogen) atoms. The van der Waals surface area contributed by atoms with E-state index in [0.29, 0.717) is 23.3 Å². The fourth-order valence-electron chi connectivity index (χ4n) is 2.04. The molecule has 0 aliphatic heterocycles. The van der Waals surface area contributed by atoms with E-state index in [2.05, 4.69) is 20.5 Å². The first kappa shape index (κ1) is 14.5. The lowest BCUT2D eigenvalue weighted by Crippen LogP contribution is -1.99. The first-order chi connectivity index (χ1) is 10.7. The number of rotatable bonds is 5. The highest BCUT2D eigenvalue weighted by atomic mass is 35.5. The summed E-state index contributed by atoms with van der Waals surface area (Å²) in [4.78, 5) is 4.17. The van der Waals surface area contributed by atoms with Gasteiger partial charge in [0.25, 0.3) is 0 Å². The standard InChI is InChI=1S/C15H15ClN4O2/c1-9-18-15(20-19-9)17-8-11-4-6-13(22-11)10-3-5-14(21-2)12(16)7-10/h3-7H,8H2,1-2H3,(H2,17,18,19,20). The summed E-state index contributed by atoms with van der Waals surface area (Å²) in [5, 5.41) is 10.4. The predicted molar refractivity (Wildman–Crippen MR) is 84.2 cm³/mol. The molecule has 2 aromatic heterocycles. The summed E-state index contributed by atoms with van der Waals surface area (Å²) in [6.45, 7) is 2.35. The number of anilines is 1. The Morgan fingerprint density at radius 3 is 2.86 bits per heavy atom. The van der Waals surface area contributed by atoms with Crippen LogP contribution in [0.25, 0.3) is 11.3 Å². The van der Waals surface area contributed by atoms with Gasteiger partial charge in [0.2, 0.25) is 5.95 Å². The van der Waals surface area contributed by atoms with E-state index in [0.717, 1.165) is 22.9 Å². The Morgan fingerprint density at radius 2 is 2.18 bits per heavy atom. The lowest BCUT2D eigenvalue weighted by atomic mass is 10.2. The molecule has 0 saturated heterocycles. The van der Waals surface area contributed by atoms with Gasteiger partial charge >= 0.3 is 0 Å². The van der Waals surface area contributed by atoms with Crippen LogP contribution in [0.2, 0.25) is 5.02 Å². The number of ether oxygens (including phenoxy) is 1. The van der Waals surface area contributed by atoms with Gasteiger partial charge in [-0.3, -0.25) is 5.10 Å². The number of methoxy groups -OCH3 is 1. The Bertz CT molecular complexity index is 781. The lowest BCUT2D eigenvalue weighted by molar-refractivity contribution is 0.415. The van der Waals surface area contributed by atoms with Crippen LogP contribution in [0, 0.1) is 6.92 Å². The fourth-order valence-corrected chi connectivity index (χ4v) is 2.29. The third-order valence-electron chi connectivity index (χ3n) is 3.12. The molecule has 0 fully saturated rings. The summed E-state index contributed by atoms with van der Waals surface area (Å²) in [7, 11) is 1.59. The fraction of sp³-hybridized carbons (Fsp3) is 0.200. The first-order valence-corrected chi connectivity index (χ1v) is 7.09. The molecule has 0 saturated carbocycles. The van der Waals surface area contributed by atoms with E-state index in [9.17, 15) is 0 Å². The SMILES string of the molecule is COc1ccc(-c2ccc(CNc3n[nH]c(C)n3)o2)cc1Cl. The molecular formula is C15H15ClN4O2. The molecule has 1 aromatic carbocycles. The zero-order valence-corrected chi connectivity index (χ0v) is 12.9. The summed E-state index contributed by atoms with van der Waals surface area (Å²) < 4.78 is 10.9. The number of hydrogen-bond acceptors (Lipinski definition) is 5. The zero-order chi connectivity index (χ0) is 15.5. The van der Waals surface area contributed by atoms with E-state index in [4.69, 9.17) is 20.8 Å². The van der Waals surface area contributed by atoms with Gasteiger partial charge in [0.15, 0.2) is 0 Å². The maximum Gasteiger partial charge on any atom is 0.242 e. The second-order valence-corrected chi connectivity index (χ2v) is 5.12. The average molecular weight is 319 g/mol. The number of aromatic amines is 1. The monoisotopic (exact) mass is 318 g/mol. The molecule has 3 aromatic rings. The van der Waals surface area contributed by atoms with Gasteiger partial charge in [0.1, 0.15) is 23.1 Å². The number of nitrogens with one attached hydrogen (secondary N) is 2. The summed E-state index contributed by atoms with van der Waals surface area (Å²) in [6.07, 6.45) is 0. The molecule has 2 heterocycles. The number of aromatic nitrogens is 3. The van der Waals surface area contributed by atoms with Crippen molar-refractivity contribution in [3.63, 3.8) is 0 Å². The van der Waals surface area contributed by atoms with Gasteiger partial charge in [-0.25, -0.2) is 0 Å². The molecule has 0 radical (unpaired) electrons. The maximum absolute atomic E-state index is 6.13. The minimum Gasteiger partial charge on any atom is -0.495 e. The van der Waals surface area contributed by atoms with Crippen molar-refractivity contribution in [2.75, 3.05) is 12.4 Å². The molecule has 6 nitrogen and oxygen atoms in total. The number of halogens is 1. The van der Waals surface area contributed by atoms with Crippen molar-refractivity contribution in [2.45, 2.75) is 13.5 Å².